The highest BCUT2D eigenvalue weighted by Gasteiger charge is 2.14. The van der Waals surface area contributed by atoms with Gasteiger partial charge in [0.25, 0.3) is 0 Å². The van der Waals surface area contributed by atoms with E-state index < -0.39 is 0 Å². The fraction of sp³-hybridized carbons (Fsp3) is 0.172. The molecule has 0 radical (unpaired) electrons. The van der Waals surface area contributed by atoms with Gasteiger partial charge in [0.05, 0.1) is 19.1 Å². The average molecular weight is 499 g/mol. The molecule has 0 spiro atoms. The van der Waals surface area contributed by atoms with Crippen molar-refractivity contribution in [3.63, 3.8) is 0 Å². The van der Waals surface area contributed by atoms with Crippen molar-refractivity contribution in [1.82, 2.24) is 0 Å². The number of carbonyl (C=O) groups is 1. The van der Waals surface area contributed by atoms with Gasteiger partial charge in [0, 0.05) is 35.2 Å². The Morgan fingerprint density at radius 3 is 2.71 bits per heavy atom. The summed E-state index contributed by atoms with van der Waals surface area (Å²) >= 11 is 3.10. The van der Waals surface area contributed by atoms with E-state index in [4.69, 9.17) is 4.74 Å². The predicted octanol–water partition coefficient (Wildman–Crippen LogP) is 5.32. The van der Waals surface area contributed by atoms with Crippen molar-refractivity contribution in [1.29, 1.82) is 0 Å². The Morgan fingerprint density at radius 2 is 1.97 bits per heavy atom. The summed E-state index contributed by atoms with van der Waals surface area (Å²) in [6.07, 6.45) is 7.96. The van der Waals surface area contributed by atoms with Gasteiger partial charge in [0.1, 0.15) is 10.4 Å². The summed E-state index contributed by atoms with van der Waals surface area (Å²) in [5, 5.41) is 3.07. The van der Waals surface area contributed by atoms with Gasteiger partial charge in [-0.1, -0.05) is 54.3 Å². The molecule has 0 saturated heterocycles. The lowest BCUT2D eigenvalue weighted by Crippen LogP contribution is -2.19. The molecule has 1 atom stereocenters. The summed E-state index contributed by atoms with van der Waals surface area (Å²) in [6.45, 7) is 0. The Hall–Kier alpha value is -3.44. The summed E-state index contributed by atoms with van der Waals surface area (Å²) in [5.41, 5.74) is 6.25. The number of benzene rings is 2. The molecule has 35 heavy (non-hydrogen) atoms. The van der Waals surface area contributed by atoms with Crippen molar-refractivity contribution in [3.05, 3.63) is 117 Å². The van der Waals surface area contributed by atoms with Crippen LogP contribution in [0.25, 0.3) is 4.91 Å². The Balaban J connectivity index is 1.52. The number of hydrogen-bond acceptors (Lipinski definition) is 6. The monoisotopic (exact) mass is 498 g/mol. The fourth-order valence-corrected chi connectivity index (χ4v) is 5.42. The molecule has 2 aromatic carbocycles. The highest BCUT2D eigenvalue weighted by atomic mass is 32.2. The van der Waals surface area contributed by atoms with Crippen molar-refractivity contribution >= 4 is 39.5 Å². The number of methoxy groups -OCH3 is 1. The smallest absolute Gasteiger partial charge is 0.165 e. The fourth-order valence-electron chi connectivity index (χ4n) is 3.74. The zero-order chi connectivity index (χ0) is 24.5. The second-order valence-electron chi connectivity index (χ2n) is 7.81. The normalized spacial score (nSPS) is 13.9. The van der Waals surface area contributed by atoms with Crippen LogP contribution in [0.1, 0.15) is 23.5 Å². The summed E-state index contributed by atoms with van der Waals surface area (Å²) in [6, 6.07) is 20.2. The minimum Gasteiger partial charge on any atom is -0.497 e. The van der Waals surface area contributed by atoms with E-state index in [2.05, 4.69) is 27.8 Å². The molecule has 2 heterocycles. The minimum absolute atomic E-state index is 0.00408. The molecule has 0 N–H and O–H groups in total. The van der Waals surface area contributed by atoms with E-state index in [9.17, 15) is 4.79 Å². The number of rotatable bonds is 10. The Labute approximate surface area is 213 Å². The first-order chi connectivity index (χ1) is 17.2. The van der Waals surface area contributed by atoms with Crippen LogP contribution in [0.4, 0.5) is 0 Å². The lowest BCUT2D eigenvalue weighted by atomic mass is 9.90. The van der Waals surface area contributed by atoms with E-state index in [0.717, 1.165) is 37.4 Å². The molecule has 1 aliphatic heterocycles. The zero-order valence-corrected chi connectivity index (χ0v) is 21.3. The van der Waals surface area contributed by atoms with Gasteiger partial charge in [-0.25, -0.2) is 4.99 Å². The molecule has 4 rings (SSSR count). The maximum atomic E-state index is 12.8. The van der Waals surface area contributed by atoms with E-state index in [0.29, 0.717) is 12.2 Å². The number of aliphatic imine (C=N–C) groups is 1. The quantitative estimate of drug-likeness (QED) is 0.216. The van der Waals surface area contributed by atoms with Gasteiger partial charge in [-0.05, 0) is 46.9 Å². The lowest BCUT2D eigenvalue weighted by molar-refractivity contribution is -0.112. The van der Waals surface area contributed by atoms with E-state index in [-0.39, 0.29) is 11.7 Å². The lowest BCUT2D eigenvalue weighted by Gasteiger charge is -2.16. The number of thiophene rings is 1. The molecule has 0 amide bonds. The van der Waals surface area contributed by atoms with Gasteiger partial charge in [0.2, 0.25) is 0 Å². The molecule has 1 aliphatic rings. The van der Waals surface area contributed by atoms with Crippen molar-refractivity contribution < 1.29 is 9.53 Å². The molecule has 0 unspecified atom stereocenters. The molecule has 176 valence electrons. The van der Waals surface area contributed by atoms with Gasteiger partial charge in [-0.2, -0.15) is 0 Å². The SMILES string of the molecule is C/N=C(\C[C@H](/C=C\C(=O)CSC1=c2ccsc2=NC=C=C1)c1ccc(OC)cc1)c1ccccc1. The minimum atomic E-state index is 0.00408. The van der Waals surface area contributed by atoms with Crippen molar-refractivity contribution in [3.8, 4) is 5.75 Å². The molecule has 3 aromatic rings. The number of ether oxygens (including phenoxy) is 1. The first-order valence-corrected chi connectivity index (χ1v) is 13.1. The molecule has 1 aromatic heterocycles. The maximum absolute atomic E-state index is 12.8. The number of nitrogens with zero attached hydrogens (tertiary/aromatic N) is 2. The van der Waals surface area contributed by atoms with E-state index in [1.807, 2.05) is 73.1 Å². The van der Waals surface area contributed by atoms with Gasteiger partial charge < -0.3 is 4.74 Å². The van der Waals surface area contributed by atoms with Crippen LogP contribution in [0.2, 0.25) is 0 Å². The van der Waals surface area contributed by atoms with Crippen LogP contribution < -0.4 is 14.6 Å². The van der Waals surface area contributed by atoms with Crippen LogP contribution in [0.3, 0.4) is 0 Å². The summed E-state index contributed by atoms with van der Waals surface area (Å²) in [7, 11) is 3.47. The molecule has 6 heteroatoms. The number of allylic oxidation sites excluding steroid dienone is 2. The molecule has 0 aliphatic carbocycles. The average Bonchev–Trinajstić information content (AvgIpc) is 3.29. The largest absolute Gasteiger partial charge is 0.497 e. The molecular formula is C29H26N2O2S2. The van der Waals surface area contributed by atoms with Gasteiger partial charge in [-0.3, -0.25) is 9.79 Å². The standard InChI is InChI=1S/C29H26N2O2S2/c1-30-27(22-7-4-3-5-8-22)19-23(21-11-14-25(33-2)15-12-21)10-13-24(32)20-35-28-9-6-17-31-29-26(28)16-18-34-29/h3-5,7-18,23H,19-20H2,1-2H3/b13-10-,30-27+/t23-/m0/s1. The van der Waals surface area contributed by atoms with Crippen LogP contribution >= 0.6 is 23.1 Å². The first kappa shape index (κ1) is 24.7. The third-order valence-electron chi connectivity index (χ3n) is 5.60. The second-order valence-corrected chi connectivity index (χ2v) is 9.72. The van der Waals surface area contributed by atoms with E-state index in [1.54, 1.807) is 30.7 Å². The van der Waals surface area contributed by atoms with Crippen LogP contribution in [0.15, 0.2) is 106 Å². The number of hydrogen-bond donors (Lipinski definition) is 0. The summed E-state index contributed by atoms with van der Waals surface area (Å²) < 4.78 is 6.27. The van der Waals surface area contributed by atoms with E-state index >= 15 is 0 Å². The summed E-state index contributed by atoms with van der Waals surface area (Å²) in [4.78, 5) is 22.8. The van der Waals surface area contributed by atoms with Crippen LogP contribution in [-0.2, 0) is 4.79 Å². The third kappa shape index (κ3) is 6.58. The number of thioether (sulfide) groups is 1. The highest BCUT2D eigenvalue weighted by molar-refractivity contribution is 8.08. The van der Waals surface area contributed by atoms with Crippen molar-refractivity contribution in [2.45, 2.75) is 12.3 Å². The van der Waals surface area contributed by atoms with Crippen molar-refractivity contribution in [2.75, 3.05) is 19.9 Å². The van der Waals surface area contributed by atoms with Crippen molar-refractivity contribution in [2.24, 2.45) is 9.98 Å². The Morgan fingerprint density at radius 1 is 1.17 bits per heavy atom. The molecule has 0 bridgehead atoms. The van der Waals surface area contributed by atoms with E-state index in [1.165, 1.54) is 11.8 Å². The first-order valence-electron chi connectivity index (χ1n) is 11.2. The maximum Gasteiger partial charge on any atom is 0.165 e. The van der Waals surface area contributed by atoms with Gasteiger partial charge in [-0.15, -0.1) is 23.1 Å². The molecule has 0 saturated carbocycles. The number of carbonyl (C=O) groups excluding carboxylic acids is 1. The Kier molecular flexibility index (Phi) is 8.68. The predicted molar refractivity (Wildman–Crippen MR) is 147 cm³/mol. The summed E-state index contributed by atoms with van der Waals surface area (Å²) in [5.74, 6) is 1.22. The van der Waals surface area contributed by atoms with Crippen LogP contribution in [0, 0.1) is 0 Å². The Bertz CT molecular complexity index is 1410. The molecule has 0 fully saturated rings. The number of fused-ring (bicyclic) bond motifs is 1. The third-order valence-corrected chi connectivity index (χ3v) is 7.50. The van der Waals surface area contributed by atoms with Crippen LogP contribution in [-0.4, -0.2) is 31.4 Å². The molecular weight excluding hydrogens is 472 g/mol. The van der Waals surface area contributed by atoms with Crippen LogP contribution in [0.5, 0.6) is 5.75 Å². The number of ketones is 1. The highest BCUT2D eigenvalue weighted by Crippen LogP contribution is 2.26. The topological polar surface area (TPSA) is 51.0 Å². The second kappa shape index (κ2) is 12.3. The zero-order valence-electron chi connectivity index (χ0n) is 19.7. The molecule has 4 nitrogen and oxygen atoms in total. The van der Waals surface area contributed by atoms with Gasteiger partial charge in [0.15, 0.2) is 5.78 Å². The van der Waals surface area contributed by atoms with Gasteiger partial charge >= 0.3 is 0 Å².